The number of fused-ring (bicyclic) bond motifs is 1. The third kappa shape index (κ3) is 4.65. The van der Waals surface area contributed by atoms with Crippen LogP contribution in [0.4, 0.5) is 0 Å². The van der Waals surface area contributed by atoms with Crippen LogP contribution in [0.3, 0.4) is 0 Å². The number of halogens is 1. The summed E-state index contributed by atoms with van der Waals surface area (Å²) in [6, 6.07) is 15.3. The van der Waals surface area contributed by atoms with E-state index in [1.165, 1.54) is 0 Å². The van der Waals surface area contributed by atoms with Gasteiger partial charge in [0.25, 0.3) is 0 Å². The monoisotopic (exact) mass is 447 g/mol. The van der Waals surface area contributed by atoms with Crippen LogP contribution in [0, 0.1) is 0 Å². The van der Waals surface area contributed by atoms with Crippen LogP contribution in [0.2, 0.25) is 5.02 Å². The van der Waals surface area contributed by atoms with E-state index < -0.39 is 0 Å². The molecule has 4 aromatic rings. The van der Waals surface area contributed by atoms with E-state index in [9.17, 15) is 4.79 Å². The van der Waals surface area contributed by atoms with E-state index in [0.29, 0.717) is 11.6 Å². The minimum Gasteiger partial charge on any atom is -0.350 e. The van der Waals surface area contributed by atoms with Crippen LogP contribution in [0.25, 0.3) is 16.7 Å². The van der Waals surface area contributed by atoms with Crippen molar-refractivity contribution in [1.29, 1.82) is 0 Å². The lowest BCUT2D eigenvalue weighted by molar-refractivity contribution is -0.122. The molecule has 1 atom stereocenters. The van der Waals surface area contributed by atoms with E-state index in [4.69, 9.17) is 16.7 Å². The SMILES string of the molecule is CC(C(=O)NCc1cc(C(C)(C)C)nn1-c1cccc(Cl)c1)c1ccc2nccnc2c1. The van der Waals surface area contributed by atoms with E-state index in [1.807, 2.05) is 60.1 Å². The van der Waals surface area contributed by atoms with Crippen molar-refractivity contribution in [3.63, 3.8) is 0 Å². The molecule has 0 saturated heterocycles. The topological polar surface area (TPSA) is 72.7 Å². The highest BCUT2D eigenvalue weighted by Crippen LogP contribution is 2.25. The standard InChI is InChI=1S/C25H26ClN5O/c1-16(17-8-9-21-22(12-17)28-11-10-27-21)24(32)29-15-20-14-23(25(2,3)4)30-31(20)19-7-5-6-18(26)13-19/h5-14,16H,15H2,1-4H3,(H,29,32). The largest absolute Gasteiger partial charge is 0.350 e. The smallest absolute Gasteiger partial charge is 0.227 e. The number of hydrogen-bond acceptors (Lipinski definition) is 4. The highest BCUT2D eigenvalue weighted by Gasteiger charge is 2.22. The molecule has 0 aliphatic rings. The Balaban J connectivity index is 1.56. The van der Waals surface area contributed by atoms with Crippen LogP contribution in [0.15, 0.2) is 60.9 Å². The van der Waals surface area contributed by atoms with E-state index in [1.54, 1.807) is 12.4 Å². The summed E-state index contributed by atoms with van der Waals surface area (Å²) in [5.74, 6) is -0.393. The molecule has 0 bridgehead atoms. The average Bonchev–Trinajstić information content (AvgIpc) is 3.21. The van der Waals surface area contributed by atoms with Gasteiger partial charge in [-0.3, -0.25) is 14.8 Å². The number of nitrogens with zero attached hydrogens (tertiary/aromatic N) is 4. The molecule has 7 heteroatoms. The third-order valence-corrected chi connectivity index (χ3v) is 5.67. The molecule has 1 amide bonds. The van der Waals surface area contributed by atoms with Gasteiger partial charge in [0.1, 0.15) is 0 Å². The molecule has 0 aliphatic carbocycles. The Hall–Kier alpha value is -3.25. The van der Waals surface area contributed by atoms with Gasteiger partial charge in [-0.25, -0.2) is 4.68 Å². The number of carbonyl (C=O) groups is 1. The Morgan fingerprint density at radius 2 is 1.81 bits per heavy atom. The lowest BCUT2D eigenvalue weighted by atomic mass is 9.92. The predicted molar refractivity (Wildman–Crippen MR) is 127 cm³/mol. The van der Waals surface area contributed by atoms with Gasteiger partial charge >= 0.3 is 0 Å². The number of aromatic nitrogens is 4. The van der Waals surface area contributed by atoms with Gasteiger partial charge in [0.15, 0.2) is 0 Å². The second-order valence-electron chi connectivity index (χ2n) is 8.91. The Labute approximate surface area is 192 Å². The molecular formula is C25H26ClN5O. The van der Waals surface area contributed by atoms with Gasteiger partial charge in [-0.1, -0.05) is 44.5 Å². The quantitative estimate of drug-likeness (QED) is 0.457. The van der Waals surface area contributed by atoms with Crippen LogP contribution in [0.1, 0.15) is 50.6 Å². The lowest BCUT2D eigenvalue weighted by Gasteiger charge is -2.14. The number of amides is 1. The second kappa shape index (κ2) is 8.71. The molecule has 164 valence electrons. The minimum atomic E-state index is -0.328. The van der Waals surface area contributed by atoms with Crippen molar-refractivity contribution >= 4 is 28.5 Å². The number of rotatable bonds is 5. The van der Waals surface area contributed by atoms with Crippen molar-refractivity contribution in [2.24, 2.45) is 0 Å². The fraction of sp³-hybridized carbons (Fsp3) is 0.280. The van der Waals surface area contributed by atoms with Crippen molar-refractivity contribution in [3.8, 4) is 5.69 Å². The maximum atomic E-state index is 13.0. The number of benzene rings is 2. The maximum Gasteiger partial charge on any atom is 0.227 e. The first kappa shape index (κ1) is 22.0. The van der Waals surface area contributed by atoms with Crippen LogP contribution in [-0.2, 0) is 16.8 Å². The third-order valence-electron chi connectivity index (χ3n) is 5.43. The van der Waals surface area contributed by atoms with Crippen LogP contribution >= 0.6 is 11.6 Å². The average molecular weight is 448 g/mol. The van der Waals surface area contributed by atoms with Gasteiger partial charge in [-0.05, 0) is 48.9 Å². The Morgan fingerprint density at radius 1 is 1.06 bits per heavy atom. The zero-order valence-corrected chi connectivity index (χ0v) is 19.4. The summed E-state index contributed by atoms with van der Waals surface area (Å²) < 4.78 is 1.85. The first-order valence-corrected chi connectivity index (χ1v) is 10.9. The normalized spacial score (nSPS) is 12.7. The van der Waals surface area contributed by atoms with Crippen molar-refractivity contribution < 1.29 is 4.79 Å². The molecule has 0 fully saturated rings. The Kier molecular flexibility index (Phi) is 5.98. The fourth-order valence-corrected chi connectivity index (χ4v) is 3.66. The summed E-state index contributed by atoms with van der Waals surface area (Å²) in [4.78, 5) is 21.6. The van der Waals surface area contributed by atoms with Gasteiger partial charge in [0, 0.05) is 22.8 Å². The van der Waals surface area contributed by atoms with Crippen LogP contribution in [-0.4, -0.2) is 25.7 Å². The van der Waals surface area contributed by atoms with E-state index >= 15 is 0 Å². The van der Waals surface area contributed by atoms with E-state index in [2.05, 4.69) is 36.1 Å². The van der Waals surface area contributed by atoms with Crippen LogP contribution < -0.4 is 5.32 Å². The highest BCUT2D eigenvalue weighted by molar-refractivity contribution is 6.30. The van der Waals surface area contributed by atoms with E-state index in [0.717, 1.165) is 33.7 Å². The van der Waals surface area contributed by atoms with Crippen molar-refractivity contribution in [3.05, 3.63) is 82.9 Å². The molecule has 2 heterocycles. The number of nitrogens with one attached hydrogen (secondary N) is 1. The van der Waals surface area contributed by atoms with Crippen molar-refractivity contribution in [2.75, 3.05) is 0 Å². The van der Waals surface area contributed by atoms with E-state index in [-0.39, 0.29) is 17.2 Å². The second-order valence-corrected chi connectivity index (χ2v) is 9.34. The lowest BCUT2D eigenvalue weighted by Crippen LogP contribution is -2.28. The molecule has 2 aromatic carbocycles. The summed E-state index contributed by atoms with van der Waals surface area (Å²) in [5, 5.41) is 8.50. The molecule has 6 nitrogen and oxygen atoms in total. The first-order valence-electron chi connectivity index (χ1n) is 10.6. The number of carbonyl (C=O) groups excluding carboxylic acids is 1. The van der Waals surface area contributed by atoms with Crippen LogP contribution in [0.5, 0.6) is 0 Å². The molecule has 0 aliphatic heterocycles. The van der Waals surface area contributed by atoms with Gasteiger partial charge in [0.05, 0.1) is 40.6 Å². The summed E-state index contributed by atoms with van der Waals surface area (Å²) >= 11 is 6.20. The van der Waals surface area contributed by atoms with Gasteiger partial charge in [0.2, 0.25) is 5.91 Å². The molecule has 32 heavy (non-hydrogen) atoms. The molecule has 0 radical (unpaired) electrons. The van der Waals surface area contributed by atoms with Crippen molar-refractivity contribution in [2.45, 2.75) is 45.6 Å². The van der Waals surface area contributed by atoms with Gasteiger partial charge in [-0.15, -0.1) is 0 Å². The Bertz CT molecular complexity index is 1270. The van der Waals surface area contributed by atoms with Gasteiger partial charge < -0.3 is 5.32 Å². The maximum absolute atomic E-state index is 13.0. The summed E-state index contributed by atoms with van der Waals surface area (Å²) in [5.41, 5.74) is 5.06. The van der Waals surface area contributed by atoms with Crippen molar-refractivity contribution in [1.82, 2.24) is 25.1 Å². The number of hydrogen-bond donors (Lipinski definition) is 1. The zero-order chi connectivity index (χ0) is 22.9. The zero-order valence-electron chi connectivity index (χ0n) is 18.6. The minimum absolute atomic E-state index is 0.0654. The first-order chi connectivity index (χ1) is 15.2. The Morgan fingerprint density at radius 3 is 2.53 bits per heavy atom. The molecule has 0 spiro atoms. The van der Waals surface area contributed by atoms with Gasteiger partial charge in [-0.2, -0.15) is 5.10 Å². The fourth-order valence-electron chi connectivity index (χ4n) is 3.48. The molecule has 1 unspecified atom stereocenters. The molecule has 0 saturated carbocycles. The molecule has 2 aromatic heterocycles. The predicted octanol–water partition coefficient (Wildman–Crippen LogP) is 5.19. The summed E-state index contributed by atoms with van der Waals surface area (Å²) in [6.45, 7) is 8.59. The summed E-state index contributed by atoms with van der Waals surface area (Å²) in [7, 11) is 0. The highest BCUT2D eigenvalue weighted by atomic mass is 35.5. The summed E-state index contributed by atoms with van der Waals surface area (Å²) in [6.07, 6.45) is 3.31. The molecule has 4 rings (SSSR count). The molecule has 1 N–H and O–H groups in total. The molecular weight excluding hydrogens is 422 g/mol.